The Hall–Kier alpha value is -1.79. The Morgan fingerprint density at radius 3 is 2.50 bits per heavy atom. The van der Waals surface area contributed by atoms with Crippen LogP contribution in [0, 0.1) is 5.82 Å². The normalized spacial score (nSPS) is 18.2. The third-order valence-corrected chi connectivity index (χ3v) is 3.32. The first kappa shape index (κ1) is 11.3. The zero-order valence-corrected chi connectivity index (χ0v) is 9.13. The molecule has 18 heavy (non-hydrogen) atoms. The van der Waals surface area contributed by atoms with Crippen LogP contribution < -0.4 is 5.73 Å². The molecule has 1 aliphatic carbocycles. The van der Waals surface area contributed by atoms with Gasteiger partial charge in [0.1, 0.15) is 11.4 Å². The van der Waals surface area contributed by atoms with Crippen LogP contribution in [0.3, 0.4) is 0 Å². The molecule has 1 fully saturated rings. The van der Waals surface area contributed by atoms with Crippen LogP contribution >= 0.6 is 0 Å². The van der Waals surface area contributed by atoms with E-state index in [9.17, 15) is 17.6 Å². The molecule has 3 nitrogen and oxygen atoms in total. The maximum Gasteiger partial charge on any atom is 0.412 e. The Bertz CT molecular complexity index is 625. The van der Waals surface area contributed by atoms with Crippen LogP contribution in [0.15, 0.2) is 18.2 Å². The van der Waals surface area contributed by atoms with E-state index in [1.165, 1.54) is 6.07 Å². The molecule has 0 radical (unpaired) electrons. The van der Waals surface area contributed by atoms with Crippen molar-refractivity contribution in [1.82, 2.24) is 9.55 Å². The quantitative estimate of drug-likeness (QED) is 0.800. The fraction of sp³-hybridized carbons (Fsp3) is 0.364. The minimum absolute atomic E-state index is 0.0529. The second kappa shape index (κ2) is 3.15. The lowest BCUT2D eigenvalue weighted by molar-refractivity contribution is -0.178. The molecule has 96 valence electrons. The van der Waals surface area contributed by atoms with Gasteiger partial charge < -0.3 is 5.73 Å². The van der Waals surface area contributed by atoms with E-state index >= 15 is 0 Å². The Morgan fingerprint density at radius 2 is 1.94 bits per heavy atom. The molecule has 1 aliphatic rings. The van der Waals surface area contributed by atoms with Crippen molar-refractivity contribution >= 4 is 17.0 Å². The predicted octanol–water partition coefficient (Wildman–Crippen LogP) is 2.81. The topological polar surface area (TPSA) is 43.8 Å². The average molecular weight is 259 g/mol. The van der Waals surface area contributed by atoms with E-state index in [1.54, 1.807) is 0 Å². The number of hydrogen-bond acceptors (Lipinski definition) is 2. The van der Waals surface area contributed by atoms with Gasteiger partial charge in [-0.1, -0.05) is 0 Å². The molecule has 3 rings (SSSR count). The first-order valence-corrected chi connectivity index (χ1v) is 5.36. The summed E-state index contributed by atoms with van der Waals surface area (Å²) in [5.74, 6) is -0.841. The summed E-state index contributed by atoms with van der Waals surface area (Å²) in [6.07, 6.45) is -4.52. The molecule has 1 aromatic heterocycles. The summed E-state index contributed by atoms with van der Waals surface area (Å²) < 4.78 is 53.3. The van der Waals surface area contributed by atoms with E-state index in [0.717, 1.165) is 16.7 Å². The van der Waals surface area contributed by atoms with E-state index in [0.29, 0.717) is 0 Å². The SMILES string of the molecule is Nc1nc2ccc(F)cc2n1C1(C(F)(F)F)CC1. The summed E-state index contributed by atoms with van der Waals surface area (Å²) in [6, 6.07) is 3.50. The van der Waals surface area contributed by atoms with Crippen LogP contribution in [0.5, 0.6) is 0 Å². The van der Waals surface area contributed by atoms with Gasteiger partial charge in [0.25, 0.3) is 0 Å². The fourth-order valence-electron chi connectivity index (χ4n) is 2.27. The highest BCUT2D eigenvalue weighted by molar-refractivity contribution is 5.79. The first-order valence-electron chi connectivity index (χ1n) is 5.36. The standard InChI is InChI=1S/C11H9F4N3/c12-6-1-2-7-8(5-6)18(9(16)17-7)10(3-4-10)11(13,14)15/h1-2,5H,3-4H2,(H2,16,17). The van der Waals surface area contributed by atoms with Gasteiger partial charge in [0.15, 0.2) is 0 Å². The molecule has 2 N–H and O–H groups in total. The van der Waals surface area contributed by atoms with Crippen LogP contribution in [-0.4, -0.2) is 15.7 Å². The van der Waals surface area contributed by atoms with E-state index < -0.39 is 17.5 Å². The van der Waals surface area contributed by atoms with Gasteiger partial charge in [-0.05, 0) is 31.0 Å². The van der Waals surface area contributed by atoms with Crippen LogP contribution in [0.4, 0.5) is 23.5 Å². The maximum atomic E-state index is 13.2. The lowest BCUT2D eigenvalue weighted by atomic mass is 10.2. The van der Waals surface area contributed by atoms with Crippen molar-refractivity contribution in [3.05, 3.63) is 24.0 Å². The molecule has 0 atom stereocenters. The summed E-state index contributed by atoms with van der Waals surface area (Å²) in [5, 5.41) is 0. The number of hydrogen-bond donors (Lipinski definition) is 1. The number of rotatable bonds is 1. The molecule has 7 heteroatoms. The van der Waals surface area contributed by atoms with Gasteiger partial charge in [-0.2, -0.15) is 13.2 Å². The number of alkyl halides is 3. The molecule has 0 aliphatic heterocycles. The van der Waals surface area contributed by atoms with Crippen molar-refractivity contribution in [2.24, 2.45) is 0 Å². The van der Waals surface area contributed by atoms with E-state index in [-0.39, 0.29) is 29.8 Å². The number of halogens is 4. The number of aromatic nitrogens is 2. The number of nitrogen functional groups attached to an aromatic ring is 1. The van der Waals surface area contributed by atoms with Crippen molar-refractivity contribution in [3.8, 4) is 0 Å². The molecule has 0 amide bonds. The monoisotopic (exact) mass is 259 g/mol. The van der Waals surface area contributed by atoms with Crippen LogP contribution in [0.2, 0.25) is 0 Å². The smallest absolute Gasteiger partial charge is 0.369 e. The van der Waals surface area contributed by atoms with Crippen LogP contribution in [-0.2, 0) is 5.54 Å². The second-order valence-corrected chi connectivity index (χ2v) is 4.47. The van der Waals surface area contributed by atoms with Gasteiger partial charge in [-0.25, -0.2) is 9.37 Å². The number of benzene rings is 1. The van der Waals surface area contributed by atoms with E-state index in [4.69, 9.17) is 5.73 Å². The van der Waals surface area contributed by atoms with Gasteiger partial charge >= 0.3 is 6.18 Å². The molecule has 0 unspecified atom stereocenters. The fourth-order valence-corrected chi connectivity index (χ4v) is 2.27. The van der Waals surface area contributed by atoms with Gasteiger partial charge in [-0.3, -0.25) is 4.57 Å². The zero-order chi connectivity index (χ0) is 13.1. The molecule has 1 heterocycles. The summed E-state index contributed by atoms with van der Waals surface area (Å²) in [5.41, 5.74) is 3.89. The van der Waals surface area contributed by atoms with Crippen LogP contribution in [0.1, 0.15) is 12.8 Å². The molecule has 0 saturated heterocycles. The Labute approximate surface area is 99.2 Å². The minimum atomic E-state index is -4.42. The lowest BCUT2D eigenvalue weighted by Crippen LogP contribution is -2.35. The third kappa shape index (κ3) is 1.33. The molecular weight excluding hydrogens is 250 g/mol. The predicted molar refractivity (Wildman–Crippen MR) is 57.4 cm³/mol. The Kier molecular flexibility index (Phi) is 1.98. The van der Waals surface area contributed by atoms with Crippen molar-refractivity contribution in [2.75, 3.05) is 5.73 Å². The third-order valence-electron chi connectivity index (χ3n) is 3.32. The van der Waals surface area contributed by atoms with Gasteiger partial charge in [0, 0.05) is 0 Å². The van der Waals surface area contributed by atoms with Crippen molar-refractivity contribution in [2.45, 2.75) is 24.6 Å². The number of nitrogens with two attached hydrogens (primary N) is 1. The highest BCUT2D eigenvalue weighted by atomic mass is 19.4. The highest BCUT2D eigenvalue weighted by Gasteiger charge is 2.65. The van der Waals surface area contributed by atoms with Crippen LogP contribution in [0.25, 0.3) is 11.0 Å². The lowest BCUT2D eigenvalue weighted by Gasteiger charge is -2.22. The second-order valence-electron chi connectivity index (χ2n) is 4.47. The summed E-state index contributed by atoms with van der Waals surface area (Å²) in [6.45, 7) is 0. The molecule has 0 bridgehead atoms. The zero-order valence-electron chi connectivity index (χ0n) is 9.13. The van der Waals surface area contributed by atoms with Crippen molar-refractivity contribution < 1.29 is 17.6 Å². The molecule has 1 saturated carbocycles. The minimum Gasteiger partial charge on any atom is -0.369 e. The van der Waals surface area contributed by atoms with Gasteiger partial charge in [0.05, 0.1) is 11.0 Å². The Balaban J connectivity index is 2.29. The number of anilines is 1. The summed E-state index contributed by atoms with van der Waals surface area (Å²) in [7, 11) is 0. The molecule has 2 aromatic rings. The highest BCUT2D eigenvalue weighted by Crippen LogP contribution is 2.57. The number of nitrogens with zero attached hydrogens (tertiary/aromatic N) is 2. The molecular formula is C11H9F4N3. The summed E-state index contributed by atoms with van der Waals surface area (Å²) in [4.78, 5) is 3.85. The average Bonchev–Trinajstić information content (AvgIpc) is 2.98. The largest absolute Gasteiger partial charge is 0.412 e. The Morgan fingerprint density at radius 1 is 1.28 bits per heavy atom. The first-order chi connectivity index (χ1) is 8.35. The molecule has 0 spiro atoms. The maximum absolute atomic E-state index is 13.2. The number of fused-ring (bicyclic) bond motifs is 1. The molecule has 1 aromatic carbocycles. The van der Waals surface area contributed by atoms with E-state index in [2.05, 4.69) is 4.98 Å². The van der Waals surface area contributed by atoms with Gasteiger partial charge in [0.2, 0.25) is 5.95 Å². The van der Waals surface area contributed by atoms with E-state index in [1.807, 2.05) is 0 Å². The van der Waals surface area contributed by atoms with Crippen molar-refractivity contribution in [3.63, 3.8) is 0 Å². The summed E-state index contributed by atoms with van der Waals surface area (Å²) >= 11 is 0. The van der Waals surface area contributed by atoms with Gasteiger partial charge in [-0.15, -0.1) is 0 Å². The van der Waals surface area contributed by atoms with Crippen molar-refractivity contribution in [1.29, 1.82) is 0 Å². The number of imidazole rings is 1.